The molecule has 2 aromatic carbocycles. The fourth-order valence-corrected chi connectivity index (χ4v) is 4.37. The van der Waals surface area contributed by atoms with Crippen molar-refractivity contribution in [3.8, 4) is 11.5 Å². The van der Waals surface area contributed by atoms with Crippen molar-refractivity contribution in [1.82, 2.24) is 4.98 Å². The largest absolute Gasteiger partial charge is 0.493 e. The van der Waals surface area contributed by atoms with Gasteiger partial charge in [-0.1, -0.05) is 35.5 Å². The summed E-state index contributed by atoms with van der Waals surface area (Å²) in [4.78, 5) is 16.9. The van der Waals surface area contributed by atoms with Gasteiger partial charge in [-0.15, -0.1) is 11.3 Å². The Hall–Kier alpha value is -2.22. The standard InChI is InChI=1S/C20H19ClN2O3S2/c1-25-17-8-7-15(9-18(17)26-2)22-19(24)10-16-12-28-20(23-16)27-11-13-3-5-14(21)6-4-13/h3-9,12H,10-11H2,1-2H3,(H,22,24). The number of rotatable bonds is 8. The molecule has 0 bridgehead atoms. The summed E-state index contributed by atoms with van der Waals surface area (Å²) < 4.78 is 11.4. The summed E-state index contributed by atoms with van der Waals surface area (Å²) in [6, 6.07) is 13.0. The van der Waals surface area contributed by atoms with Crippen molar-refractivity contribution >= 4 is 46.3 Å². The fourth-order valence-electron chi connectivity index (χ4n) is 2.45. The molecule has 0 spiro atoms. The van der Waals surface area contributed by atoms with Crippen LogP contribution in [-0.2, 0) is 17.0 Å². The van der Waals surface area contributed by atoms with Crippen LogP contribution in [0.2, 0.25) is 5.02 Å². The molecule has 1 amide bonds. The molecule has 1 aromatic heterocycles. The van der Waals surface area contributed by atoms with Gasteiger partial charge in [-0.25, -0.2) is 4.98 Å². The van der Waals surface area contributed by atoms with Gasteiger partial charge in [0, 0.05) is 27.9 Å². The minimum absolute atomic E-state index is 0.133. The van der Waals surface area contributed by atoms with Crippen LogP contribution in [0.4, 0.5) is 5.69 Å². The van der Waals surface area contributed by atoms with Gasteiger partial charge < -0.3 is 14.8 Å². The molecular formula is C20H19ClN2O3S2. The van der Waals surface area contributed by atoms with E-state index in [4.69, 9.17) is 21.1 Å². The Labute approximate surface area is 177 Å². The van der Waals surface area contributed by atoms with Crippen molar-refractivity contribution < 1.29 is 14.3 Å². The summed E-state index contributed by atoms with van der Waals surface area (Å²) in [5, 5.41) is 5.50. The highest BCUT2D eigenvalue weighted by molar-refractivity contribution is 8.00. The number of benzene rings is 2. The summed E-state index contributed by atoms with van der Waals surface area (Å²) in [7, 11) is 3.13. The fraction of sp³-hybridized carbons (Fsp3) is 0.200. The van der Waals surface area contributed by atoms with Gasteiger partial charge in [0.15, 0.2) is 11.5 Å². The molecular weight excluding hydrogens is 416 g/mol. The number of hydrogen-bond acceptors (Lipinski definition) is 6. The predicted octanol–water partition coefficient (Wildman–Crippen LogP) is 5.29. The van der Waals surface area contributed by atoms with Gasteiger partial charge in [0.25, 0.3) is 0 Å². The first-order chi connectivity index (χ1) is 13.6. The summed E-state index contributed by atoms with van der Waals surface area (Å²) in [6.07, 6.45) is 0.215. The van der Waals surface area contributed by atoms with E-state index in [9.17, 15) is 4.79 Å². The lowest BCUT2D eigenvalue weighted by Crippen LogP contribution is -2.14. The smallest absolute Gasteiger partial charge is 0.230 e. The van der Waals surface area contributed by atoms with E-state index in [-0.39, 0.29) is 12.3 Å². The van der Waals surface area contributed by atoms with Crippen LogP contribution < -0.4 is 14.8 Å². The van der Waals surface area contributed by atoms with Gasteiger partial charge >= 0.3 is 0 Å². The second-order valence-corrected chi connectivity index (χ2v) is 8.33. The highest BCUT2D eigenvalue weighted by atomic mass is 35.5. The lowest BCUT2D eigenvalue weighted by molar-refractivity contribution is -0.115. The molecule has 3 rings (SSSR count). The first-order valence-electron chi connectivity index (χ1n) is 8.41. The number of nitrogens with one attached hydrogen (secondary N) is 1. The van der Waals surface area contributed by atoms with Crippen LogP contribution in [0.5, 0.6) is 11.5 Å². The van der Waals surface area contributed by atoms with Crippen LogP contribution in [0.25, 0.3) is 0 Å². The van der Waals surface area contributed by atoms with Gasteiger partial charge in [-0.2, -0.15) is 0 Å². The molecule has 28 heavy (non-hydrogen) atoms. The van der Waals surface area contributed by atoms with Crippen molar-refractivity contribution in [2.75, 3.05) is 19.5 Å². The SMILES string of the molecule is COc1ccc(NC(=O)Cc2csc(SCc3ccc(Cl)cc3)n2)cc1OC. The molecule has 0 saturated heterocycles. The molecule has 1 heterocycles. The lowest BCUT2D eigenvalue weighted by Gasteiger charge is -2.10. The Morgan fingerprint density at radius 1 is 1.14 bits per heavy atom. The van der Waals surface area contributed by atoms with Gasteiger partial charge in [-0.3, -0.25) is 4.79 Å². The zero-order chi connectivity index (χ0) is 19.9. The number of hydrogen-bond donors (Lipinski definition) is 1. The Bertz CT molecular complexity index is 945. The van der Waals surface area contributed by atoms with Crippen molar-refractivity contribution in [2.24, 2.45) is 0 Å². The normalized spacial score (nSPS) is 10.5. The highest BCUT2D eigenvalue weighted by Crippen LogP contribution is 2.30. The second-order valence-electron chi connectivity index (χ2n) is 5.81. The summed E-state index contributed by atoms with van der Waals surface area (Å²) >= 11 is 9.09. The molecule has 146 valence electrons. The van der Waals surface area contributed by atoms with Gasteiger partial charge in [0.1, 0.15) is 4.34 Å². The Kier molecular flexibility index (Phi) is 7.19. The zero-order valence-electron chi connectivity index (χ0n) is 15.4. The number of ether oxygens (including phenoxy) is 2. The quantitative estimate of drug-likeness (QED) is 0.488. The third-order valence-corrected chi connectivity index (χ3v) is 6.21. The zero-order valence-corrected chi connectivity index (χ0v) is 17.8. The maximum atomic E-state index is 12.3. The van der Waals surface area contributed by atoms with Crippen molar-refractivity contribution in [3.05, 3.63) is 64.1 Å². The number of carbonyl (C=O) groups excluding carboxylic acids is 1. The molecule has 5 nitrogen and oxygen atoms in total. The molecule has 1 N–H and O–H groups in total. The van der Waals surface area contributed by atoms with Gasteiger partial charge in [-0.05, 0) is 29.8 Å². The Balaban J connectivity index is 1.54. The number of carbonyl (C=O) groups is 1. The van der Waals surface area contributed by atoms with E-state index in [1.807, 2.05) is 29.6 Å². The lowest BCUT2D eigenvalue weighted by atomic mass is 10.2. The number of amides is 1. The third kappa shape index (κ3) is 5.64. The molecule has 0 atom stereocenters. The number of methoxy groups -OCH3 is 2. The maximum absolute atomic E-state index is 12.3. The average molecular weight is 435 g/mol. The molecule has 0 fully saturated rings. The van der Waals surface area contributed by atoms with Crippen LogP contribution in [0.1, 0.15) is 11.3 Å². The second kappa shape index (κ2) is 9.82. The molecule has 3 aromatic rings. The van der Waals surface area contributed by atoms with Crippen molar-refractivity contribution in [3.63, 3.8) is 0 Å². The molecule has 8 heteroatoms. The predicted molar refractivity (Wildman–Crippen MR) is 115 cm³/mol. The van der Waals surface area contributed by atoms with Crippen LogP contribution >= 0.6 is 34.7 Å². The van der Waals surface area contributed by atoms with Crippen molar-refractivity contribution in [2.45, 2.75) is 16.5 Å². The summed E-state index contributed by atoms with van der Waals surface area (Å²) in [5.41, 5.74) is 2.58. The number of anilines is 1. The minimum Gasteiger partial charge on any atom is -0.493 e. The number of halogens is 1. The molecule has 0 unspecified atom stereocenters. The summed E-state index contributed by atoms with van der Waals surface area (Å²) in [5.74, 6) is 1.85. The third-order valence-electron chi connectivity index (χ3n) is 3.82. The summed E-state index contributed by atoms with van der Waals surface area (Å²) in [6.45, 7) is 0. The van der Waals surface area contributed by atoms with Crippen LogP contribution in [0.15, 0.2) is 52.2 Å². The van der Waals surface area contributed by atoms with Gasteiger partial charge in [0.05, 0.1) is 26.3 Å². The maximum Gasteiger partial charge on any atom is 0.230 e. The van der Waals surface area contributed by atoms with Crippen LogP contribution in [0.3, 0.4) is 0 Å². The molecule has 0 saturated carbocycles. The van der Waals surface area contributed by atoms with Gasteiger partial charge in [0.2, 0.25) is 5.91 Å². The van der Waals surface area contributed by atoms with E-state index in [1.165, 1.54) is 5.56 Å². The minimum atomic E-state index is -0.133. The van der Waals surface area contributed by atoms with Crippen LogP contribution in [-0.4, -0.2) is 25.1 Å². The van der Waals surface area contributed by atoms with E-state index in [2.05, 4.69) is 10.3 Å². The van der Waals surface area contributed by atoms with Crippen LogP contribution in [0, 0.1) is 0 Å². The van der Waals surface area contributed by atoms with E-state index >= 15 is 0 Å². The first kappa shape index (κ1) is 20.5. The Morgan fingerprint density at radius 2 is 1.89 bits per heavy atom. The monoisotopic (exact) mass is 434 g/mol. The molecule has 0 aliphatic carbocycles. The molecule has 0 radical (unpaired) electrons. The van der Waals surface area contributed by atoms with E-state index < -0.39 is 0 Å². The highest BCUT2D eigenvalue weighted by Gasteiger charge is 2.11. The molecule has 0 aliphatic rings. The molecule has 0 aliphatic heterocycles. The van der Waals surface area contributed by atoms with Crippen molar-refractivity contribution in [1.29, 1.82) is 0 Å². The first-order valence-corrected chi connectivity index (χ1v) is 10.6. The number of nitrogens with zero attached hydrogens (tertiary/aromatic N) is 1. The number of aromatic nitrogens is 1. The Morgan fingerprint density at radius 3 is 2.61 bits per heavy atom. The average Bonchev–Trinajstić information content (AvgIpc) is 3.14. The number of thiazole rings is 1. The van der Waals surface area contributed by atoms with E-state index in [0.29, 0.717) is 17.2 Å². The van der Waals surface area contributed by atoms with E-state index in [1.54, 1.807) is 55.5 Å². The van der Waals surface area contributed by atoms with E-state index in [0.717, 1.165) is 20.8 Å². The number of thioether (sulfide) groups is 1. The topological polar surface area (TPSA) is 60.5 Å².